The fourth-order valence-electron chi connectivity index (χ4n) is 4.22. The topological polar surface area (TPSA) is 60.2 Å². The van der Waals surface area contributed by atoms with Gasteiger partial charge in [-0.15, -0.1) is 10.2 Å². The highest BCUT2D eigenvalue weighted by atomic mass is 35.5. The summed E-state index contributed by atoms with van der Waals surface area (Å²) in [6.45, 7) is 4.63. The summed E-state index contributed by atoms with van der Waals surface area (Å²) in [7, 11) is 0. The number of benzene rings is 4. The van der Waals surface area contributed by atoms with E-state index in [0.717, 1.165) is 22.6 Å². The van der Waals surface area contributed by atoms with Crippen LogP contribution < -0.4 is 4.74 Å². The molecule has 0 N–H and O–H groups in total. The smallest absolute Gasteiger partial charge is 0.233 e. The van der Waals surface area contributed by atoms with Gasteiger partial charge in [0.25, 0.3) is 0 Å². The fraction of sp³-hybridized carbons (Fsp3) is 0.156. The number of carbonyl (C=O) groups excluding carboxylic acids is 1. The highest BCUT2D eigenvalue weighted by molar-refractivity contribution is 7.99. The van der Waals surface area contributed by atoms with E-state index in [-0.39, 0.29) is 17.7 Å². The maximum absolute atomic E-state index is 13.4. The van der Waals surface area contributed by atoms with Crippen molar-refractivity contribution in [3.63, 3.8) is 0 Å². The van der Waals surface area contributed by atoms with Crippen molar-refractivity contribution < 1.29 is 9.53 Å². The molecule has 8 heteroatoms. The van der Waals surface area contributed by atoms with Gasteiger partial charge in [-0.25, -0.2) is 0 Å². The number of hydrogen-bond acceptors (Lipinski definition) is 5. The van der Waals surface area contributed by atoms with Crippen molar-refractivity contribution in [3.8, 4) is 28.6 Å². The molecule has 0 unspecified atom stereocenters. The Morgan fingerprint density at radius 3 is 2.12 bits per heavy atom. The molecule has 0 spiro atoms. The van der Waals surface area contributed by atoms with Gasteiger partial charge in [0.15, 0.2) is 11.0 Å². The summed E-state index contributed by atoms with van der Waals surface area (Å²) in [5.41, 5.74) is 2.82. The Labute approximate surface area is 243 Å². The van der Waals surface area contributed by atoms with Crippen LogP contribution in [-0.2, 0) is 11.3 Å². The molecular weight excluding hydrogens is 540 g/mol. The lowest BCUT2D eigenvalue weighted by molar-refractivity contribution is -0.130. The molecule has 0 aliphatic rings. The minimum absolute atomic E-state index is 0.0399. The number of nitrogens with zero attached hydrogens (tertiary/aromatic N) is 4. The summed E-state index contributed by atoms with van der Waals surface area (Å²) in [5.74, 6) is 2.42. The molecule has 1 heterocycles. The molecular formula is C32H29ClN4O2S. The highest BCUT2D eigenvalue weighted by Crippen LogP contribution is 2.31. The van der Waals surface area contributed by atoms with Crippen molar-refractivity contribution in [1.82, 2.24) is 19.7 Å². The second-order valence-electron chi connectivity index (χ2n) is 9.45. The number of aromatic nitrogens is 3. The lowest BCUT2D eigenvalue weighted by Gasteiger charge is -2.27. The van der Waals surface area contributed by atoms with Crippen molar-refractivity contribution in [2.75, 3.05) is 5.75 Å². The molecule has 0 atom stereocenters. The Morgan fingerprint density at radius 1 is 0.850 bits per heavy atom. The molecule has 0 aliphatic carbocycles. The molecule has 6 nitrogen and oxygen atoms in total. The van der Waals surface area contributed by atoms with E-state index < -0.39 is 0 Å². The van der Waals surface area contributed by atoms with Gasteiger partial charge in [0.05, 0.1) is 5.75 Å². The van der Waals surface area contributed by atoms with E-state index in [4.69, 9.17) is 16.3 Å². The lowest BCUT2D eigenvalue weighted by Crippen LogP contribution is -2.37. The Hall–Kier alpha value is -4.07. The third-order valence-corrected chi connectivity index (χ3v) is 7.44. The Bertz CT molecular complexity index is 1540. The van der Waals surface area contributed by atoms with Crippen LogP contribution in [0.1, 0.15) is 19.4 Å². The molecule has 40 heavy (non-hydrogen) atoms. The predicted molar refractivity (Wildman–Crippen MR) is 161 cm³/mol. The van der Waals surface area contributed by atoms with Crippen LogP contribution in [0.15, 0.2) is 114 Å². The largest absolute Gasteiger partial charge is 0.457 e. The molecule has 5 aromatic rings. The third-order valence-electron chi connectivity index (χ3n) is 6.27. The van der Waals surface area contributed by atoms with Gasteiger partial charge in [-0.2, -0.15) is 0 Å². The van der Waals surface area contributed by atoms with Crippen LogP contribution in [0.25, 0.3) is 17.1 Å². The first-order chi connectivity index (χ1) is 19.5. The third kappa shape index (κ3) is 6.73. The summed E-state index contributed by atoms with van der Waals surface area (Å²) in [5, 5.41) is 10.3. The normalized spacial score (nSPS) is 11.0. The van der Waals surface area contributed by atoms with Crippen molar-refractivity contribution >= 4 is 29.3 Å². The first-order valence-electron chi connectivity index (χ1n) is 13.0. The maximum atomic E-state index is 13.4. The summed E-state index contributed by atoms with van der Waals surface area (Å²) in [6.07, 6.45) is 0. The molecule has 0 bridgehead atoms. The predicted octanol–water partition coefficient (Wildman–Crippen LogP) is 7.91. The second kappa shape index (κ2) is 12.9. The zero-order valence-corrected chi connectivity index (χ0v) is 23.8. The molecule has 0 saturated carbocycles. The molecule has 202 valence electrons. The van der Waals surface area contributed by atoms with Crippen molar-refractivity contribution in [1.29, 1.82) is 0 Å². The zero-order chi connectivity index (χ0) is 27.9. The van der Waals surface area contributed by atoms with Gasteiger partial charge in [0, 0.05) is 28.9 Å². The summed E-state index contributed by atoms with van der Waals surface area (Å²) in [4.78, 5) is 15.2. The van der Waals surface area contributed by atoms with E-state index in [1.54, 1.807) is 0 Å². The van der Waals surface area contributed by atoms with Crippen LogP contribution in [0.5, 0.6) is 11.5 Å². The molecule has 0 fully saturated rings. The number of para-hydroxylation sites is 1. The second-order valence-corrected chi connectivity index (χ2v) is 10.8. The quantitative estimate of drug-likeness (QED) is 0.160. The van der Waals surface area contributed by atoms with Crippen LogP contribution in [0.4, 0.5) is 0 Å². The van der Waals surface area contributed by atoms with Crippen molar-refractivity contribution in [2.45, 2.75) is 31.6 Å². The van der Waals surface area contributed by atoms with Gasteiger partial charge in [0.2, 0.25) is 5.91 Å². The average Bonchev–Trinajstić information content (AvgIpc) is 3.40. The van der Waals surface area contributed by atoms with E-state index in [1.165, 1.54) is 11.8 Å². The van der Waals surface area contributed by atoms with Crippen LogP contribution in [0, 0.1) is 0 Å². The van der Waals surface area contributed by atoms with E-state index >= 15 is 0 Å². The van der Waals surface area contributed by atoms with E-state index in [1.807, 2.05) is 133 Å². The molecule has 4 aromatic carbocycles. The number of thioether (sulfide) groups is 1. The summed E-state index contributed by atoms with van der Waals surface area (Å²) >= 11 is 7.51. The minimum atomic E-state index is 0.0399. The molecule has 1 aromatic heterocycles. The van der Waals surface area contributed by atoms with E-state index in [0.29, 0.717) is 28.3 Å². The summed E-state index contributed by atoms with van der Waals surface area (Å²) < 4.78 is 7.94. The van der Waals surface area contributed by atoms with Gasteiger partial charge in [-0.05, 0) is 80.1 Å². The molecule has 0 saturated heterocycles. The zero-order valence-electron chi connectivity index (χ0n) is 22.3. The van der Waals surface area contributed by atoms with Crippen molar-refractivity contribution in [2.24, 2.45) is 0 Å². The van der Waals surface area contributed by atoms with Gasteiger partial charge in [-0.1, -0.05) is 71.9 Å². The van der Waals surface area contributed by atoms with Gasteiger partial charge in [-0.3, -0.25) is 9.36 Å². The lowest BCUT2D eigenvalue weighted by atomic mass is 10.2. The number of rotatable bonds is 10. The van der Waals surface area contributed by atoms with Gasteiger partial charge in [0.1, 0.15) is 11.5 Å². The van der Waals surface area contributed by atoms with Crippen LogP contribution >= 0.6 is 23.4 Å². The Balaban J connectivity index is 1.40. The maximum Gasteiger partial charge on any atom is 0.233 e. The highest BCUT2D eigenvalue weighted by Gasteiger charge is 2.21. The SMILES string of the molecule is CC(C)N(Cc1ccccc1)C(=O)CSc1nnc(-c2ccc(Cl)cc2)n1-c1ccc(Oc2ccccc2)cc1. The summed E-state index contributed by atoms with van der Waals surface area (Å²) in [6, 6.07) is 35.0. The number of halogens is 1. The standard InChI is InChI=1S/C32H29ClN4O2S/c1-23(2)36(21-24-9-5-3-6-10-24)30(38)22-40-32-35-34-31(25-13-15-26(33)16-14-25)37(32)27-17-19-29(20-18-27)39-28-11-7-4-8-12-28/h3-20,23H,21-22H2,1-2H3. The molecule has 0 aliphatic heterocycles. The van der Waals surface area contributed by atoms with Crippen molar-refractivity contribution in [3.05, 3.63) is 120 Å². The van der Waals surface area contributed by atoms with Gasteiger partial charge >= 0.3 is 0 Å². The Morgan fingerprint density at radius 2 is 1.48 bits per heavy atom. The van der Waals surface area contributed by atoms with E-state index in [2.05, 4.69) is 10.2 Å². The average molecular weight is 569 g/mol. The molecule has 1 amide bonds. The van der Waals surface area contributed by atoms with Crippen LogP contribution in [-0.4, -0.2) is 37.4 Å². The number of hydrogen-bond donors (Lipinski definition) is 0. The Kier molecular flexibility index (Phi) is 8.84. The monoisotopic (exact) mass is 568 g/mol. The number of carbonyl (C=O) groups is 1. The first kappa shape index (κ1) is 27.5. The van der Waals surface area contributed by atoms with Gasteiger partial charge < -0.3 is 9.64 Å². The fourth-order valence-corrected chi connectivity index (χ4v) is 5.18. The minimum Gasteiger partial charge on any atom is -0.457 e. The van der Waals surface area contributed by atoms with Crippen LogP contribution in [0.3, 0.4) is 0 Å². The van der Waals surface area contributed by atoms with E-state index in [9.17, 15) is 4.79 Å². The molecule has 0 radical (unpaired) electrons. The number of amides is 1. The van der Waals surface area contributed by atoms with Crippen LogP contribution in [0.2, 0.25) is 5.02 Å². The molecule has 5 rings (SSSR count). The number of ether oxygens (including phenoxy) is 1. The first-order valence-corrected chi connectivity index (χ1v) is 14.3.